The number of hydrogen-bond donors (Lipinski definition) is 5. The van der Waals surface area contributed by atoms with Crippen LogP contribution in [0.15, 0.2) is 77.7 Å². The molecule has 4 amide bonds. The van der Waals surface area contributed by atoms with E-state index in [1.807, 2.05) is 42.5 Å². The molecular formula is C33H37N7O7. The largest absolute Gasteiger partial charge is 0.494 e. The summed E-state index contributed by atoms with van der Waals surface area (Å²) in [5.41, 5.74) is 1.61. The molecule has 0 aliphatic carbocycles. The van der Waals surface area contributed by atoms with Gasteiger partial charge in [-0.2, -0.15) is 5.10 Å². The molecule has 1 aliphatic rings. The first-order valence-electron chi connectivity index (χ1n) is 15.3. The number of nitrogens with one attached hydrogen (secondary N) is 4. The topological polar surface area (TPSA) is 190 Å². The maximum atomic E-state index is 13.8. The Balaban J connectivity index is 1.41. The van der Waals surface area contributed by atoms with E-state index in [4.69, 9.17) is 9.15 Å². The van der Waals surface area contributed by atoms with Crippen LogP contribution in [0.4, 0.5) is 0 Å². The Bertz CT molecular complexity index is 1700. The minimum Gasteiger partial charge on any atom is -0.494 e. The lowest BCUT2D eigenvalue weighted by molar-refractivity contribution is -0.125. The highest BCUT2D eigenvalue weighted by atomic mass is 16.5. The number of carbonyl (C=O) groups is 4. The standard InChI is InChI=1S/C33H37N7O7/c1-20(41)28-32(45)34-15-9-8-12-23(36-29(42)22-17-35-40(18-22)26-13-6-7-14-27(26)46-2)30(43)37-24(16-21-10-4-3-5-11-21)33-38-25(19-47-33)31(44)39-28/h3-7,10-11,13-14,17-20,23-24,28,41H,8-9,12,15-16H2,1-2H3,(H,34,45)(H,36,42)(H,37,43)(H,39,44)/t20-,23+,24+,28+/m1/s1. The van der Waals surface area contributed by atoms with Crippen molar-refractivity contribution in [3.05, 3.63) is 96.0 Å². The minimum atomic E-state index is -1.22. The van der Waals surface area contributed by atoms with Gasteiger partial charge >= 0.3 is 0 Å². The molecule has 0 spiro atoms. The average Bonchev–Trinajstić information content (AvgIpc) is 3.77. The number of methoxy groups -OCH3 is 1. The van der Waals surface area contributed by atoms with Gasteiger partial charge in [0.15, 0.2) is 5.69 Å². The van der Waals surface area contributed by atoms with Crippen LogP contribution in [0.5, 0.6) is 5.75 Å². The first-order valence-corrected chi connectivity index (χ1v) is 15.3. The zero-order valence-corrected chi connectivity index (χ0v) is 26.0. The fraction of sp³-hybridized carbons (Fsp3) is 0.333. The number of para-hydroxylation sites is 2. The molecule has 5 rings (SSSR count). The Morgan fingerprint density at radius 1 is 1.09 bits per heavy atom. The number of aliphatic hydroxyl groups excluding tert-OH is 1. The minimum absolute atomic E-state index is 0.0562. The lowest BCUT2D eigenvalue weighted by Gasteiger charge is -2.23. The highest BCUT2D eigenvalue weighted by molar-refractivity contribution is 5.97. The molecule has 5 N–H and O–H groups in total. The fourth-order valence-corrected chi connectivity index (χ4v) is 5.19. The highest BCUT2D eigenvalue weighted by Gasteiger charge is 2.31. The third kappa shape index (κ3) is 8.21. The molecule has 2 aromatic heterocycles. The van der Waals surface area contributed by atoms with E-state index in [1.165, 1.54) is 17.8 Å². The lowest BCUT2D eigenvalue weighted by Crippen LogP contribution is -2.52. The number of aliphatic hydroxyl groups is 1. The Labute approximate surface area is 270 Å². The first kappa shape index (κ1) is 32.9. The Morgan fingerprint density at radius 3 is 2.62 bits per heavy atom. The van der Waals surface area contributed by atoms with Crippen LogP contribution in [0.2, 0.25) is 0 Å². The molecule has 246 valence electrons. The predicted octanol–water partition coefficient (Wildman–Crippen LogP) is 1.85. The van der Waals surface area contributed by atoms with Crippen LogP contribution in [-0.4, -0.2) is 75.3 Å². The molecule has 0 saturated heterocycles. The quantitative estimate of drug-likeness (QED) is 0.200. The van der Waals surface area contributed by atoms with Crippen molar-refractivity contribution in [1.29, 1.82) is 0 Å². The molecule has 4 aromatic rings. The molecule has 14 heteroatoms. The second-order valence-electron chi connectivity index (χ2n) is 11.2. The van der Waals surface area contributed by atoms with E-state index in [0.29, 0.717) is 24.3 Å². The molecule has 0 unspecified atom stereocenters. The van der Waals surface area contributed by atoms with Gasteiger partial charge in [-0.3, -0.25) is 19.2 Å². The summed E-state index contributed by atoms with van der Waals surface area (Å²) < 4.78 is 12.6. The fourth-order valence-electron chi connectivity index (χ4n) is 5.19. The summed E-state index contributed by atoms with van der Waals surface area (Å²) >= 11 is 0. The van der Waals surface area contributed by atoms with Gasteiger partial charge in [0.05, 0.1) is 25.0 Å². The first-order chi connectivity index (χ1) is 22.7. The van der Waals surface area contributed by atoms with Gasteiger partial charge in [-0.25, -0.2) is 9.67 Å². The van der Waals surface area contributed by atoms with Gasteiger partial charge in [-0.05, 0) is 43.9 Å². The molecule has 3 heterocycles. The molecule has 1 aliphatic heterocycles. The van der Waals surface area contributed by atoms with Gasteiger partial charge in [0, 0.05) is 19.2 Å². The molecule has 0 radical (unpaired) electrons. The number of nitrogens with zero attached hydrogens (tertiary/aromatic N) is 3. The highest BCUT2D eigenvalue weighted by Crippen LogP contribution is 2.22. The van der Waals surface area contributed by atoms with Crippen molar-refractivity contribution in [1.82, 2.24) is 36.0 Å². The van der Waals surface area contributed by atoms with E-state index < -0.39 is 47.9 Å². The summed E-state index contributed by atoms with van der Waals surface area (Å²) in [6.45, 7) is 1.62. The van der Waals surface area contributed by atoms with Gasteiger partial charge < -0.3 is 35.5 Å². The Morgan fingerprint density at radius 2 is 1.85 bits per heavy atom. The molecule has 0 fully saturated rings. The SMILES string of the molecule is COc1ccccc1-n1cc(C(=O)N[C@H]2CCCCNC(=O)[C@H]([C@@H](C)O)NC(=O)c3coc(n3)[C@H](Cc3ccccc3)NC2=O)cn1. The average molecular weight is 644 g/mol. The number of fused-ring (bicyclic) bond motifs is 2. The van der Waals surface area contributed by atoms with Crippen molar-refractivity contribution in [3.63, 3.8) is 0 Å². The second kappa shape index (κ2) is 15.2. The number of hydrogen-bond acceptors (Lipinski definition) is 9. The predicted molar refractivity (Wildman–Crippen MR) is 169 cm³/mol. The van der Waals surface area contributed by atoms with Crippen molar-refractivity contribution in [2.24, 2.45) is 0 Å². The smallest absolute Gasteiger partial charge is 0.273 e. The van der Waals surface area contributed by atoms with Crippen molar-refractivity contribution >= 4 is 23.6 Å². The lowest BCUT2D eigenvalue weighted by atomic mass is 10.0. The zero-order chi connectivity index (χ0) is 33.3. The number of aromatic nitrogens is 3. The normalized spacial score (nSPS) is 20.0. The molecule has 0 saturated carbocycles. The molecule has 2 bridgehead atoms. The van der Waals surface area contributed by atoms with Crippen LogP contribution in [0.3, 0.4) is 0 Å². The van der Waals surface area contributed by atoms with E-state index in [2.05, 4.69) is 31.3 Å². The van der Waals surface area contributed by atoms with Gasteiger partial charge in [0.1, 0.15) is 35.8 Å². The van der Waals surface area contributed by atoms with Gasteiger partial charge in [-0.1, -0.05) is 42.5 Å². The van der Waals surface area contributed by atoms with E-state index in [-0.39, 0.29) is 36.5 Å². The Kier molecular flexibility index (Phi) is 10.6. The molecule has 4 atom stereocenters. The number of oxazole rings is 1. The molecule has 14 nitrogen and oxygen atoms in total. The van der Waals surface area contributed by atoms with E-state index in [1.54, 1.807) is 25.4 Å². The monoisotopic (exact) mass is 643 g/mol. The van der Waals surface area contributed by atoms with Gasteiger partial charge in [-0.15, -0.1) is 0 Å². The van der Waals surface area contributed by atoms with E-state index >= 15 is 0 Å². The van der Waals surface area contributed by atoms with Crippen LogP contribution in [0.25, 0.3) is 5.69 Å². The van der Waals surface area contributed by atoms with E-state index in [9.17, 15) is 24.3 Å². The zero-order valence-electron chi connectivity index (χ0n) is 26.0. The summed E-state index contributed by atoms with van der Waals surface area (Å²) in [5.74, 6) is -1.66. The van der Waals surface area contributed by atoms with Crippen molar-refractivity contribution < 1.29 is 33.4 Å². The Hall–Kier alpha value is -5.50. The number of benzene rings is 2. The number of carbonyl (C=O) groups excluding carboxylic acids is 4. The molecule has 2 aromatic carbocycles. The number of rotatable bonds is 7. The number of amides is 4. The van der Waals surface area contributed by atoms with Crippen LogP contribution >= 0.6 is 0 Å². The van der Waals surface area contributed by atoms with Crippen molar-refractivity contribution in [3.8, 4) is 11.4 Å². The second-order valence-corrected chi connectivity index (χ2v) is 11.2. The van der Waals surface area contributed by atoms with Crippen LogP contribution < -0.4 is 26.0 Å². The van der Waals surface area contributed by atoms with Crippen molar-refractivity contribution in [2.75, 3.05) is 13.7 Å². The van der Waals surface area contributed by atoms with Gasteiger partial charge in [0.25, 0.3) is 11.8 Å². The summed E-state index contributed by atoms with van der Waals surface area (Å²) in [6, 6.07) is 13.6. The summed E-state index contributed by atoms with van der Waals surface area (Å²) in [7, 11) is 1.54. The number of ether oxygens (including phenoxy) is 1. The maximum absolute atomic E-state index is 13.8. The third-order valence-electron chi connectivity index (χ3n) is 7.72. The summed E-state index contributed by atoms with van der Waals surface area (Å²) in [5, 5.41) is 25.5. The van der Waals surface area contributed by atoms with Crippen LogP contribution in [-0.2, 0) is 16.0 Å². The summed E-state index contributed by atoms with van der Waals surface area (Å²) in [4.78, 5) is 57.4. The molecule has 47 heavy (non-hydrogen) atoms. The summed E-state index contributed by atoms with van der Waals surface area (Å²) in [6.07, 6.45) is 4.35. The molecular weight excluding hydrogens is 606 g/mol. The third-order valence-corrected chi connectivity index (χ3v) is 7.72. The van der Waals surface area contributed by atoms with Crippen LogP contribution in [0, 0.1) is 0 Å². The van der Waals surface area contributed by atoms with Gasteiger partial charge in [0.2, 0.25) is 17.7 Å². The maximum Gasteiger partial charge on any atom is 0.273 e. The van der Waals surface area contributed by atoms with E-state index in [0.717, 1.165) is 11.8 Å². The van der Waals surface area contributed by atoms with Crippen molar-refractivity contribution in [2.45, 2.75) is 56.8 Å². The van der Waals surface area contributed by atoms with Crippen LogP contribution in [0.1, 0.15) is 64.5 Å².